The molecule has 2 rings (SSSR count). The second-order valence-corrected chi connectivity index (χ2v) is 5.78. The Morgan fingerprint density at radius 1 is 1.18 bits per heavy atom. The van der Waals surface area contributed by atoms with E-state index in [1.165, 1.54) is 10.4 Å². The van der Waals surface area contributed by atoms with E-state index in [2.05, 4.69) is 5.32 Å². The SMILES string of the molecule is O=CNc1ccccc1S(=O)(=O)N1CCCC1. The maximum Gasteiger partial charge on any atom is 0.245 e. The highest BCUT2D eigenvalue weighted by molar-refractivity contribution is 7.89. The molecule has 1 aliphatic heterocycles. The molecule has 1 fully saturated rings. The molecule has 1 aromatic rings. The third-order valence-corrected chi connectivity index (χ3v) is 4.74. The van der Waals surface area contributed by atoms with Gasteiger partial charge in [0, 0.05) is 13.1 Å². The number of nitrogens with zero attached hydrogens (tertiary/aromatic N) is 1. The molecular weight excluding hydrogens is 240 g/mol. The zero-order valence-corrected chi connectivity index (χ0v) is 10.1. The van der Waals surface area contributed by atoms with E-state index >= 15 is 0 Å². The van der Waals surface area contributed by atoms with Crippen LogP contribution in [0.3, 0.4) is 0 Å². The van der Waals surface area contributed by atoms with Crippen LogP contribution < -0.4 is 5.32 Å². The largest absolute Gasteiger partial charge is 0.328 e. The first-order valence-electron chi connectivity index (χ1n) is 5.45. The predicted molar refractivity (Wildman–Crippen MR) is 64.1 cm³/mol. The van der Waals surface area contributed by atoms with Gasteiger partial charge in [0.2, 0.25) is 16.4 Å². The van der Waals surface area contributed by atoms with Gasteiger partial charge in [-0.3, -0.25) is 4.79 Å². The molecule has 1 heterocycles. The van der Waals surface area contributed by atoms with Gasteiger partial charge in [-0.1, -0.05) is 12.1 Å². The Morgan fingerprint density at radius 2 is 1.82 bits per heavy atom. The van der Waals surface area contributed by atoms with Crippen LogP contribution in [0.25, 0.3) is 0 Å². The Hall–Kier alpha value is -1.40. The fourth-order valence-corrected chi connectivity index (χ4v) is 3.61. The Balaban J connectivity index is 2.41. The van der Waals surface area contributed by atoms with Gasteiger partial charge in [0.25, 0.3) is 0 Å². The number of amides is 1. The lowest BCUT2D eigenvalue weighted by Gasteiger charge is -2.17. The van der Waals surface area contributed by atoms with Gasteiger partial charge in [-0.05, 0) is 25.0 Å². The highest BCUT2D eigenvalue weighted by Gasteiger charge is 2.28. The summed E-state index contributed by atoms with van der Waals surface area (Å²) in [5.41, 5.74) is 0.328. The molecule has 0 radical (unpaired) electrons. The van der Waals surface area contributed by atoms with Crippen LogP contribution in [0.1, 0.15) is 12.8 Å². The van der Waals surface area contributed by atoms with E-state index in [0.29, 0.717) is 25.2 Å². The first kappa shape index (κ1) is 12.1. The molecule has 0 unspecified atom stereocenters. The van der Waals surface area contributed by atoms with Crippen LogP contribution in [0, 0.1) is 0 Å². The van der Waals surface area contributed by atoms with Gasteiger partial charge in [0.1, 0.15) is 4.90 Å². The third kappa shape index (κ3) is 2.32. The van der Waals surface area contributed by atoms with Crippen molar-refractivity contribution in [3.8, 4) is 0 Å². The molecule has 0 atom stereocenters. The molecule has 1 saturated heterocycles. The van der Waals surface area contributed by atoms with Gasteiger partial charge >= 0.3 is 0 Å². The number of benzene rings is 1. The summed E-state index contributed by atoms with van der Waals surface area (Å²) in [6.07, 6.45) is 2.27. The lowest BCUT2D eigenvalue weighted by Crippen LogP contribution is -2.28. The lowest BCUT2D eigenvalue weighted by molar-refractivity contribution is -0.105. The lowest BCUT2D eigenvalue weighted by atomic mass is 10.3. The van der Waals surface area contributed by atoms with E-state index in [1.54, 1.807) is 18.2 Å². The van der Waals surface area contributed by atoms with Crippen LogP contribution in [-0.2, 0) is 14.8 Å². The van der Waals surface area contributed by atoms with E-state index in [0.717, 1.165) is 12.8 Å². The summed E-state index contributed by atoms with van der Waals surface area (Å²) in [5, 5.41) is 2.42. The Kier molecular flexibility index (Phi) is 3.44. The summed E-state index contributed by atoms with van der Waals surface area (Å²) in [6.45, 7) is 1.11. The van der Waals surface area contributed by atoms with Crippen molar-refractivity contribution in [3.63, 3.8) is 0 Å². The molecule has 0 aromatic heterocycles. The molecule has 17 heavy (non-hydrogen) atoms. The van der Waals surface area contributed by atoms with Crippen molar-refractivity contribution < 1.29 is 13.2 Å². The quantitative estimate of drug-likeness (QED) is 0.816. The van der Waals surface area contributed by atoms with E-state index < -0.39 is 10.0 Å². The van der Waals surface area contributed by atoms with Crippen molar-refractivity contribution >= 4 is 22.1 Å². The highest BCUT2D eigenvalue weighted by Crippen LogP contribution is 2.26. The van der Waals surface area contributed by atoms with Gasteiger partial charge in [-0.15, -0.1) is 0 Å². The van der Waals surface area contributed by atoms with Gasteiger partial charge in [-0.25, -0.2) is 8.42 Å². The predicted octanol–water partition coefficient (Wildman–Crippen LogP) is 1.04. The first-order valence-corrected chi connectivity index (χ1v) is 6.89. The van der Waals surface area contributed by atoms with Gasteiger partial charge in [-0.2, -0.15) is 4.31 Å². The van der Waals surface area contributed by atoms with Gasteiger partial charge in [0.05, 0.1) is 5.69 Å². The number of nitrogens with one attached hydrogen (secondary N) is 1. The van der Waals surface area contributed by atoms with Crippen LogP contribution in [0.15, 0.2) is 29.2 Å². The van der Waals surface area contributed by atoms with E-state index in [4.69, 9.17) is 0 Å². The number of hydrogen-bond acceptors (Lipinski definition) is 3. The standard InChI is InChI=1S/C11H14N2O3S/c14-9-12-10-5-1-2-6-11(10)17(15,16)13-7-3-4-8-13/h1-2,5-6,9H,3-4,7-8H2,(H,12,14). The molecule has 5 nitrogen and oxygen atoms in total. The molecule has 1 amide bonds. The monoisotopic (exact) mass is 254 g/mol. The van der Waals surface area contributed by atoms with Crippen LogP contribution in [0.4, 0.5) is 5.69 Å². The van der Waals surface area contributed by atoms with Gasteiger partial charge < -0.3 is 5.32 Å². The number of carbonyl (C=O) groups is 1. The zero-order valence-electron chi connectivity index (χ0n) is 9.30. The van der Waals surface area contributed by atoms with Crippen LogP contribution in [0.5, 0.6) is 0 Å². The smallest absolute Gasteiger partial charge is 0.245 e. The van der Waals surface area contributed by atoms with Crippen molar-refractivity contribution in [2.24, 2.45) is 0 Å². The van der Waals surface area contributed by atoms with Crippen molar-refractivity contribution in [2.75, 3.05) is 18.4 Å². The summed E-state index contributed by atoms with van der Waals surface area (Å²) in [7, 11) is -3.48. The molecule has 92 valence electrons. The van der Waals surface area contributed by atoms with Crippen molar-refractivity contribution in [3.05, 3.63) is 24.3 Å². The van der Waals surface area contributed by atoms with E-state index in [9.17, 15) is 13.2 Å². The molecule has 0 bridgehead atoms. The minimum atomic E-state index is -3.48. The first-order chi connectivity index (χ1) is 8.16. The summed E-state index contributed by atoms with van der Waals surface area (Å²) in [5.74, 6) is 0. The van der Waals surface area contributed by atoms with Crippen molar-refractivity contribution in [2.45, 2.75) is 17.7 Å². The van der Waals surface area contributed by atoms with Crippen molar-refractivity contribution in [1.82, 2.24) is 4.31 Å². The second-order valence-electron chi connectivity index (χ2n) is 3.87. The fraction of sp³-hybridized carbons (Fsp3) is 0.364. The summed E-state index contributed by atoms with van der Waals surface area (Å²) >= 11 is 0. The Bertz CT molecular complexity index is 507. The van der Waals surface area contributed by atoms with E-state index in [-0.39, 0.29) is 4.90 Å². The maximum absolute atomic E-state index is 12.3. The van der Waals surface area contributed by atoms with Crippen LogP contribution >= 0.6 is 0 Å². The summed E-state index contributed by atoms with van der Waals surface area (Å²) < 4.78 is 26.1. The Labute approximate surface area is 100 Å². The second kappa shape index (κ2) is 4.85. The molecule has 0 aliphatic carbocycles. The molecule has 1 aliphatic rings. The molecular formula is C11H14N2O3S. The van der Waals surface area contributed by atoms with Crippen molar-refractivity contribution in [1.29, 1.82) is 0 Å². The highest BCUT2D eigenvalue weighted by atomic mass is 32.2. The number of sulfonamides is 1. The van der Waals surface area contributed by atoms with Gasteiger partial charge in [0.15, 0.2) is 0 Å². The zero-order chi connectivity index (χ0) is 12.3. The molecule has 1 N–H and O–H groups in total. The minimum Gasteiger partial charge on any atom is -0.328 e. The topological polar surface area (TPSA) is 66.5 Å². The summed E-state index contributed by atoms with van der Waals surface area (Å²) in [6, 6.07) is 6.44. The number of anilines is 1. The fourth-order valence-electron chi connectivity index (χ4n) is 1.94. The molecule has 6 heteroatoms. The number of para-hydroxylation sites is 1. The maximum atomic E-state index is 12.3. The molecule has 0 saturated carbocycles. The summed E-state index contributed by atoms with van der Waals surface area (Å²) in [4.78, 5) is 10.6. The number of rotatable bonds is 4. The number of hydrogen-bond donors (Lipinski definition) is 1. The Morgan fingerprint density at radius 3 is 2.47 bits per heavy atom. The average Bonchev–Trinajstić information content (AvgIpc) is 2.84. The third-order valence-electron chi connectivity index (χ3n) is 2.78. The average molecular weight is 254 g/mol. The van der Waals surface area contributed by atoms with E-state index in [1.807, 2.05) is 0 Å². The molecule has 0 spiro atoms. The molecule has 1 aromatic carbocycles. The van der Waals surface area contributed by atoms with Crippen LogP contribution in [-0.4, -0.2) is 32.2 Å². The van der Waals surface area contributed by atoms with Crippen LogP contribution in [0.2, 0.25) is 0 Å². The number of carbonyl (C=O) groups excluding carboxylic acids is 1. The minimum absolute atomic E-state index is 0.161. The normalized spacial score (nSPS) is 16.9.